The van der Waals surface area contributed by atoms with E-state index < -0.39 is 0 Å². The molecule has 0 heterocycles. The van der Waals surface area contributed by atoms with E-state index in [0.29, 0.717) is 12.5 Å². The molecule has 0 saturated carbocycles. The molecule has 0 aliphatic rings. The first-order chi connectivity index (χ1) is 13.0. The van der Waals surface area contributed by atoms with Crippen molar-refractivity contribution in [3.8, 4) is 11.5 Å². The van der Waals surface area contributed by atoms with Crippen molar-refractivity contribution in [2.24, 2.45) is 5.10 Å². The molecule has 142 valence electrons. The molecule has 0 unspecified atom stereocenters. The van der Waals surface area contributed by atoms with Gasteiger partial charge in [-0.3, -0.25) is 4.79 Å². The highest BCUT2D eigenvalue weighted by Gasteiger charge is 2.07. The van der Waals surface area contributed by atoms with Crippen molar-refractivity contribution in [1.82, 2.24) is 5.43 Å². The smallest absolute Gasteiger partial charge is 0.277 e. The highest BCUT2D eigenvalue weighted by molar-refractivity contribution is 5.83. The number of hydrogen-bond acceptors (Lipinski definition) is 4. The summed E-state index contributed by atoms with van der Waals surface area (Å²) in [5.74, 6) is 1.56. The summed E-state index contributed by atoms with van der Waals surface area (Å²) in [6.45, 7) is 10.2. The fourth-order valence-electron chi connectivity index (χ4n) is 2.29. The van der Waals surface area contributed by atoms with E-state index in [1.54, 1.807) is 12.3 Å². The van der Waals surface area contributed by atoms with Gasteiger partial charge in [0.25, 0.3) is 5.91 Å². The van der Waals surface area contributed by atoms with Crippen molar-refractivity contribution in [3.63, 3.8) is 0 Å². The summed E-state index contributed by atoms with van der Waals surface area (Å²) >= 11 is 0. The molecule has 2 aromatic rings. The van der Waals surface area contributed by atoms with Crippen LogP contribution in [0.5, 0.6) is 11.5 Å². The molecule has 2 aromatic carbocycles. The van der Waals surface area contributed by atoms with Crippen LogP contribution in [0.2, 0.25) is 0 Å². The number of nitrogens with one attached hydrogen (secondary N) is 1. The fraction of sp³-hybridized carbons (Fsp3) is 0.273. The molecule has 0 saturated heterocycles. The molecule has 2 rings (SSSR count). The summed E-state index contributed by atoms with van der Waals surface area (Å²) in [6, 6.07) is 13.4. The first-order valence-electron chi connectivity index (χ1n) is 8.88. The van der Waals surface area contributed by atoms with Crippen molar-refractivity contribution in [1.29, 1.82) is 0 Å². The van der Waals surface area contributed by atoms with Gasteiger partial charge in [-0.05, 0) is 59.9 Å². The Morgan fingerprint density at radius 3 is 2.59 bits per heavy atom. The van der Waals surface area contributed by atoms with Gasteiger partial charge in [0.15, 0.2) is 6.61 Å². The van der Waals surface area contributed by atoms with Gasteiger partial charge in [-0.1, -0.05) is 38.6 Å². The van der Waals surface area contributed by atoms with Crippen LogP contribution in [0.25, 0.3) is 0 Å². The average Bonchev–Trinajstić information content (AvgIpc) is 2.66. The predicted molar refractivity (Wildman–Crippen MR) is 109 cm³/mol. The van der Waals surface area contributed by atoms with Gasteiger partial charge in [-0.25, -0.2) is 5.43 Å². The summed E-state index contributed by atoms with van der Waals surface area (Å²) in [4.78, 5) is 11.9. The lowest BCUT2D eigenvalue weighted by Gasteiger charge is -2.12. The Morgan fingerprint density at radius 2 is 1.93 bits per heavy atom. The number of aryl methyl sites for hydroxylation is 1. The third-order valence-electron chi connectivity index (χ3n) is 3.89. The van der Waals surface area contributed by atoms with Crippen LogP contribution in [0.1, 0.15) is 36.5 Å². The van der Waals surface area contributed by atoms with Gasteiger partial charge in [-0.15, -0.1) is 0 Å². The first kappa shape index (κ1) is 20.2. The molecule has 0 bridgehead atoms. The average molecular weight is 366 g/mol. The third kappa shape index (κ3) is 6.62. The Hall–Kier alpha value is -3.08. The monoisotopic (exact) mass is 366 g/mol. The van der Waals surface area contributed by atoms with Gasteiger partial charge in [0, 0.05) is 0 Å². The fourth-order valence-corrected chi connectivity index (χ4v) is 2.29. The Balaban J connectivity index is 1.83. The van der Waals surface area contributed by atoms with Crippen LogP contribution in [-0.2, 0) is 4.79 Å². The second-order valence-electron chi connectivity index (χ2n) is 6.43. The number of ether oxygens (including phenoxy) is 2. The van der Waals surface area contributed by atoms with Gasteiger partial charge in [0.05, 0.1) is 6.21 Å². The summed E-state index contributed by atoms with van der Waals surface area (Å²) in [5, 5.41) is 3.95. The number of amides is 1. The second kappa shape index (κ2) is 10.2. The number of carbonyl (C=O) groups is 1. The molecule has 0 spiro atoms. The van der Waals surface area contributed by atoms with Crippen LogP contribution in [0, 0.1) is 6.92 Å². The maximum atomic E-state index is 11.9. The number of hydrogen-bond donors (Lipinski definition) is 1. The van der Waals surface area contributed by atoms with Crippen LogP contribution in [0.15, 0.2) is 60.2 Å². The van der Waals surface area contributed by atoms with Crippen molar-refractivity contribution >= 4 is 12.1 Å². The van der Waals surface area contributed by atoms with E-state index in [9.17, 15) is 4.79 Å². The molecule has 0 aromatic heterocycles. The van der Waals surface area contributed by atoms with Crippen molar-refractivity contribution in [2.75, 3.05) is 13.2 Å². The molecule has 0 aliphatic heterocycles. The second-order valence-corrected chi connectivity index (χ2v) is 6.43. The Labute approximate surface area is 160 Å². The van der Waals surface area contributed by atoms with Crippen LogP contribution in [-0.4, -0.2) is 25.3 Å². The Kier molecular flexibility index (Phi) is 7.62. The molecule has 0 radical (unpaired) electrons. The van der Waals surface area contributed by atoms with E-state index in [2.05, 4.69) is 37.0 Å². The maximum Gasteiger partial charge on any atom is 0.277 e. The van der Waals surface area contributed by atoms with Crippen molar-refractivity contribution < 1.29 is 14.3 Å². The van der Waals surface area contributed by atoms with E-state index in [4.69, 9.17) is 9.47 Å². The van der Waals surface area contributed by atoms with E-state index in [1.807, 2.05) is 43.3 Å². The Morgan fingerprint density at radius 1 is 1.19 bits per heavy atom. The molecule has 27 heavy (non-hydrogen) atoms. The lowest BCUT2D eigenvalue weighted by molar-refractivity contribution is -0.123. The zero-order valence-corrected chi connectivity index (χ0v) is 16.1. The first-order valence-corrected chi connectivity index (χ1v) is 8.88. The summed E-state index contributed by atoms with van der Waals surface area (Å²) in [7, 11) is 0. The van der Waals surface area contributed by atoms with E-state index in [-0.39, 0.29) is 12.5 Å². The number of rotatable bonds is 9. The Bertz CT molecular complexity index is 796. The molecule has 0 atom stereocenters. The van der Waals surface area contributed by atoms with Crippen molar-refractivity contribution in [2.45, 2.75) is 26.7 Å². The minimum absolute atomic E-state index is 0.0892. The molecule has 5 heteroatoms. The SMILES string of the molecule is C=CCOc1ccc(/C=N\NC(=O)COc2cc(C(C)C)ccc2C)cc1. The van der Waals surface area contributed by atoms with Crippen LogP contribution < -0.4 is 14.9 Å². The van der Waals surface area contributed by atoms with E-state index in [0.717, 1.165) is 22.6 Å². The standard InChI is InChI=1S/C22H26N2O3/c1-5-12-26-20-10-7-18(8-11-20)14-23-24-22(25)15-27-21-13-19(16(2)3)9-6-17(21)4/h5-11,13-14,16H,1,12,15H2,2-4H3,(H,24,25)/b23-14-. The minimum Gasteiger partial charge on any atom is -0.490 e. The molecule has 1 amide bonds. The highest BCUT2D eigenvalue weighted by Crippen LogP contribution is 2.24. The summed E-state index contributed by atoms with van der Waals surface area (Å²) in [6.07, 6.45) is 3.26. The van der Waals surface area contributed by atoms with E-state index in [1.165, 1.54) is 5.56 Å². The topological polar surface area (TPSA) is 59.9 Å². The van der Waals surface area contributed by atoms with Gasteiger partial charge in [-0.2, -0.15) is 5.10 Å². The zero-order chi connectivity index (χ0) is 19.6. The normalized spacial score (nSPS) is 10.8. The highest BCUT2D eigenvalue weighted by atomic mass is 16.5. The van der Waals surface area contributed by atoms with E-state index >= 15 is 0 Å². The number of carbonyl (C=O) groups excluding carboxylic acids is 1. The van der Waals surface area contributed by atoms with Crippen LogP contribution in [0.4, 0.5) is 0 Å². The number of hydrazone groups is 1. The molecule has 0 fully saturated rings. The molecule has 5 nitrogen and oxygen atoms in total. The third-order valence-corrected chi connectivity index (χ3v) is 3.89. The lowest BCUT2D eigenvalue weighted by atomic mass is 10.0. The van der Waals surface area contributed by atoms with Crippen molar-refractivity contribution in [3.05, 3.63) is 71.8 Å². The number of benzene rings is 2. The quantitative estimate of drug-likeness (QED) is 0.411. The molecular weight excluding hydrogens is 340 g/mol. The van der Waals surface area contributed by atoms with Gasteiger partial charge < -0.3 is 9.47 Å². The van der Waals surface area contributed by atoms with Crippen LogP contribution in [0.3, 0.4) is 0 Å². The predicted octanol–water partition coefficient (Wildman–Crippen LogP) is 4.21. The lowest BCUT2D eigenvalue weighted by Crippen LogP contribution is -2.24. The maximum absolute atomic E-state index is 11.9. The summed E-state index contributed by atoms with van der Waals surface area (Å²) in [5.41, 5.74) is 5.49. The van der Waals surface area contributed by atoms with Gasteiger partial charge >= 0.3 is 0 Å². The van der Waals surface area contributed by atoms with Gasteiger partial charge in [0.2, 0.25) is 0 Å². The van der Waals surface area contributed by atoms with Crippen LogP contribution >= 0.6 is 0 Å². The minimum atomic E-state index is -0.313. The number of nitrogens with zero attached hydrogens (tertiary/aromatic N) is 1. The molecule has 1 N–H and O–H groups in total. The summed E-state index contributed by atoms with van der Waals surface area (Å²) < 4.78 is 11.0. The largest absolute Gasteiger partial charge is 0.490 e. The zero-order valence-electron chi connectivity index (χ0n) is 16.1. The van der Waals surface area contributed by atoms with Gasteiger partial charge in [0.1, 0.15) is 18.1 Å². The molecular formula is C22H26N2O3. The molecule has 0 aliphatic carbocycles.